The Balaban J connectivity index is 3.23. The summed E-state index contributed by atoms with van der Waals surface area (Å²) in [6.45, 7) is 0. The molecule has 1 aromatic carbocycles. The van der Waals surface area contributed by atoms with E-state index in [1.807, 2.05) is 0 Å². The molecule has 1 aromatic rings. The first-order chi connectivity index (χ1) is 5.95. The van der Waals surface area contributed by atoms with E-state index in [4.69, 9.17) is 5.26 Å². The first kappa shape index (κ1) is 10.1. The van der Waals surface area contributed by atoms with E-state index in [2.05, 4.69) is 15.9 Å². The van der Waals surface area contributed by atoms with E-state index in [0.717, 1.165) is 18.2 Å². The lowest BCUT2D eigenvalue weighted by atomic mass is 10.1. The number of rotatable bonds is 0. The highest BCUT2D eigenvalue weighted by atomic mass is 79.9. The second-order valence-electron chi connectivity index (χ2n) is 2.30. The molecule has 0 saturated carbocycles. The van der Waals surface area contributed by atoms with Crippen molar-refractivity contribution in [1.29, 1.82) is 5.26 Å². The molecule has 0 unspecified atom stereocenters. The molecule has 0 aliphatic carbocycles. The van der Waals surface area contributed by atoms with Gasteiger partial charge in [0.25, 0.3) is 0 Å². The van der Waals surface area contributed by atoms with Gasteiger partial charge in [0.1, 0.15) is 0 Å². The predicted molar refractivity (Wildman–Crippen MR) is 43.9 cm³/mol. The molecule has 0 radical (unpaired) electrons. The second-order valence-corrected chi connectivity index (χ2v) is 3.16. The third-order valence-corrected chi connectivity index (χ3v) is 2.06. The van der Waals surface area contributed by atoms with Gasteiger partial charge in [-0.1, -0.05) is 15.9 Å². The quantitative estimate of drug-likeness (QED) is 0.692. The Kier molecular flexibility index (Phi) is 2.62. The lowest BCUT2D eigenvalue weighted by molar-refractivity contribution is -0.138. The maximum absolute atomic E-state index is 12.2. The van der Waals surface area contributed by atoms with Crippen LogP contribution in [0, 0.1) is 11.3 Å². The first-order valence-corrected chi connectivity index (χ1v) is 4.01. The van der Waals surface area contributed by atoms with Crippen molar-refractivity contribution in [3.05, 3.63) is 33.8 Å². The Morgan fingerprint density at radius 1 is 1.31 bits per heavy atom. The molecule has 0 fully saturated rings. The van der Waals surface area contributed by atoms with Crippen LogP contribution in [0.25, 0.3) is 0 Å². The van der Waals surface area contributed by atoms with E-state index in [9.17, 15) is 13.2 Å². The van der Waals surface area contributed by atoms with Crippen LogP contribution in [-0.2, 0) is 6.18 Å². The fourth-order valence-electron chi connectivity index (χ4n) is 0.815. The summed E-state index contributed by atoms with van der Waals surface area (Å²) < 4.78 is 36.4. The number of nitriles is 1. The molecule has 0 N–H and O–H groups in total. The summed E-state index contributed by atoms with van der Waals surface area (Å²) in [6.07, 6.45) is -4.38. The highest BCUT2D eigenvalue weighted by Gasteiger charge is 2.32. The van der Waals surface area contributed by atoms with E-state index in [-0.39, 0.29) is 10.0 Å². The molecule has 0 bridgehead atoms. The standard InChI is InChI=1S/C8H3BrF3N/c9-7-3-5(4-13)1-2-6(7)8(10,11)12/h1-3H. The van der Waals surface area contributed by atoms with Crippen molar-refractivity contribution >= 4 is 15.9 Å². The molecule has 5 heteroatoms. The molecule has 0 aliphatic heterocycles. The van der Waals surface area contributed by atoms with Crippen LogP contribution in [0.2, 0.25) is 0 Å². The number of alkyl halides is 3. The lowest BCUT2D eigenvalue weighted by Gasteiger charge is -2.08. The maximum Gasteiger partial charge on any atom is 0.417 e. The minimum atomic E-state index is -4.38. The lowest BCUT2D eigenvalue weighted by Crippen LogP contribution is -2.05. The topological polar surface area (TPSA) is 23.8 Å². The SMILES string of the molecule is N#Cc1ccc(C(F)(F)F)c(Br)c1. The van der Waals surface area contributed by atoms with Crippen molar-refractivity contribution in [1.82, 2.24) is 0 Å². The molecule has 1 nitrogen and oxygen atoms in total. The van der Waals surface area contributed by atoms with Crippen LogP contribution in [0.4, 0.5) is 13.2 Å². The van der Waals surface area contributed by atoms with Crippen LogP contribution in [0.5, 0.6) is 0 Å². The van der Waals surface area contributed by atoms with Gasteiger partial charge in [-0.25, -0.2) is 0 Å². The fraction of sp³-hybridized carbons (Fsp3) is 0.125. The number of hydrogen-bond donors (Lipinski definition) is 0. The van der Waals surface area contributed by atoms with Crippen molar-refractivity contribution in [2.75, 3.05) is 0 Å². The average molecular weight is 250 g/mol. The monoisotopic (exact) mass is 249 g/mol. The van der Waals surface area contributed by atoms with E-state index in [1.165, 1.54) is 0 Å². The van der Waals surface area contributed by atoms with E-state index in [0.29, 0.717) is 0 Å². The van der Waals surface area contributed by atoms with Gasteiger partial charge in [-0.2, -0.15) is 18.4 Å². The first-order valence-electron chi connectivity index (χ1n) is 3.22. The molecule has 0 saturated heterocycles. The molecule has 1 rings (SSSR count). The van der Waals surface area contributed by atoms with Gasteiger partial charge in [0, 0.05) is 4.47 Å². The van der Waals surface area contributed by atoms with Crippen LogP contribution in [0.15, 0.2) is 22.7 Å². The third-order valence-electron chi connectivity index (χ3n) is 1.40. The van der Waals surface area contributed by atoms with Crippen molar-refractivity contribution in [3.63, 3.8) is 0 Å². The Bertz CT molecular complexity index is 365. The second kappa shape index (κ2) is 3.38. The fourth-order valence-corrected chi connectivity index (χ4v) is 1.42. The molecule has 0 amide bonds. The van der Waals surface area contributed by atoms with Gasteiger partial charge in [0.15, 0.2) is 0 Å². The van der Waals surface area contributed by atoms with Crippen molar-refractivity contribution < 1.29 is 13.2 Å². The van der Waals surface area contributed by atoms with Gasteiger partial charge in [-0.15, -0.1) is 0 Å². The highest BCUT2D eigenvalue weighted by molar-refractivity contribution is 9.10. The minimum absolute atomic E-state index is 0.112. The van der Waals surface area contributed by atoms with Crippen LogP contribution in [0.3, 0.4) is 0 Å². The van der Waals surface area contributed by atoms with E-state index < -0.39 is 11.7 Å². The summed E-state index contributed by atoms with van der Waals surface area (Å²) in [6, 6.07) is 4.90. The number of hydrogen-bond acceptors (Lipinski definition) is 1. The predicted octanol–water partition coefficient (Wildman–Crippen LogP) is 3.34. The van der Waals surface area contributed by atoms with Crippen LogP contribution in [-0.4, -0.2) is 0 Å². The maximum atomic E-state index is 12.2. The summed E-state index contributed by atoms with van der Waals surface area (Å²) in [5.41, 5.74) is -0.577. The molecule has 13 heavy (non-hydrogen) atoms. The molecular formula is C8H3BrF3N. The van der Waals surface area contributed by atoms with Gasteiger partial charge >= 0.3 is 6.18 Å². The van der Waals surface area contributed by atoms with Gasteiger partial charge in [0.2, 0.25) is 0 Å². The zero-order valence-corrected chi connectivity index (χ0v) is 7.78. The Morgan fingerprint density at radius 3 is 2.31 bits per heavy atom. The van der Waals surface area contributed by atoms with Crippen molar-refractivity contribution in [3.8, 4) is 6.07 Å². The largest absolute Gasteiger partial charge is 0.417 e. The summed E-state index contributed by atoms with van der Waals surface area (Å²) >= 11 is 2.75. The Morgan fingerprint density at radius 2 is 1.92 bits per heavy atom. The number of halogens is 4. The minimum Gasteiger partial charge on any atom is -0.192 e. The van der Waals surface area contributed by atoms with Crippen LogP contribution >= 0.6 is 15.9 Å². The average Bonchev–Trinajstić information content (AvgIpc) is 2.01. The van der Waals surface area contributed by atoms with E-state index in [1.54, 1.807) is 6.07 Å². The summed E-state index contributed by atoms with van der Waals surface area (Å²) in [7, 11) is 0. The number of benzene rings is 1. The highest BCUT2D eigenvalue weighted by Crippen LogP contribution is 2.34. The van der Waals surface area contributed by atoms with Gasteiger partial charge < -0.3 is 0 Å². The molecule has 0 spiro atoms. The zero-order chi connectivity index (χ0) is 10.1. The summed E-state index contributed by atoms with van der Waals surface area (Å²) in [5, 5.41) is 8.40. The number of nitrogens with zero attached hydrogens (tertiary/aromatic N) is 1. The van der Waals surface area contributed by atoms with Crippen molar-refractivity contribution in [2.45, 2.75) is 6.18 Å². The van der Waals surface area contributed by atoms with Gasteiger partial charge in [-0.3, -0.25) is 0 Å². The molecule has 0 aromatic heterocycles. The zero-order valence-electron chi connectivity index (χ0n) is 6.19. The molecular weight excluding hydrogens is 247 g/mol. The van der Waals surface area contributed by atoms with Crippen LogP contribution in [0.1, 0.15) is 11.1 Å². The Labute approximate surface area is 80.9 Å². The summed E-state index contributed by atoms with van der Waals surface area (Å²) in [4.78, 5) is 0. The Hall–Kier alpha value is -1.02. The smallest absolute Gasteiger partial charge is 0.192 e. The van der Waals surface area contributed by atoms with Crippen molar-refractivity contribution in [2.24, 2.45) is 0 Å². The van der Waals surface area contributed by atoms with Crippen LogP contribution < -0.4 is 0 Å². The van der Waals surface area contributed by atoms with E-state index >= 15 is 0 Å². The molecule has 0 heterocycles. The summed E-state index contributed by atoms with van der Waals surface area (Å²) in [5.74, 6) is 0. The molecule has 0 atom stereocenters. The molecule has 68 valence electrons. The normalized spacial score (nSPS) is 11.0. The van der Waals surface area contributed by atoms with Gasteiger partial charge in [-0.05, 0) is 18.2 Å². The van der Waals surface area contributed by atoms with Gasteiger partial charge in [0.05, 0.1) is 17.2 Å². The third kappa shape index (κ3) is 2.22. The molecule has 0 aliphatic rings.